The molecule has 0 amide bonds. The zero-order valence-electron chi connectivity index (χ0n) is 14.0. The summed E-state index contributed by atoms with van der Waals surface area (Å²) >= 11 is 0. The summed E-state index contributed by atoms with van der Waals surface area (Å²) in [5.74, 6) is -1.21. The lowest BCUT2D eigenvalue weighted by molar-refractivity contribution is -0.132. The van der Waals surface area contributed by atoms with E-state index < -0.39 is 5.97 Å². The number of benzene rings is 2. The van der Waals surface area contributed by atoms with Crippen LogP contribution in [0.3, 0.4) is 0 Å². The zero-order chi connectivity index (χ0) is 17.6. The molecule has 1 fully saturated rings. The van der Waals surface area contributed by atoms with Crippen LogP contribution in [0.4, 0.5) is 5.69 Å². The molecule has 0 bridgehead atoms. The minimum atomic E-state index is -1.21. The maximum atomic E-state index is 10.9. The van der Waals surface area contributed by atoms with Crippen molar-refractivity contribution in [3.63, 3.8) is 0 Å². The third kappa shape index (κ3) is 4.07. The molecule has 1 heterocycles. The Morgan fingerprint density at radius 2 is 1.52 bits per heavy atom. The molecule has 1 aliphatic rings. The van der Waals surface area contributed by atoms with Crippen molar-refractivity contribution in [3.8, 4) is 17.2 Å². The van der Waals surface area contributed by atoms with Crippen LogP contribution >= 0.6 is 0 Å². The summed E-state index contributed by atoms with van der Waals surface area (Å²) in [6.45, 7) is 2.26. The van der Waals surface area contributed by atoms with E-state index in [-0.39, 0.29) is 5.57 Å². The Labute approximate surface area is 147 Å². The number of rotatable bonds is 4. The van der Waals surface area contributed by atoms with Gasteiger partial charge in [-0.2, -0.15) is 5.26 Å². The molecule has 4 heteroatoms. The van der Waals surface area contributed by atoms with Crippen molar-refractivity contribution < 1.29 is 9.90 Å². The van der Waals surface area contributed by atoms with Gasteiger partial charge in [-0.1, -0.05) is 36.4 Å². The van der Waals surface area contributed by atoms with Gasteiger partial charge in [0.05, 0.1) is 0 Å². The molecular weight excluding hydrogens is 312 g/mol. The lowest BCUT2D eigenvalue weighted by atomic mass is 10.0. The predicted octanol–water partition coefficient (Wildman–Crippen LogP) is 4.34. The van der Waals surface area contributed by atoms with Crippen LogP contribution in [0.5, 0.6) is 0 Å². The molecule has 1 saturated heterocycles. The van der Waals surface area contributed by atoms with Crippen molar-refractivity contribution in [2.45, 2.75) is 19.3 Å². The Bertz CT molecular complexity index is 808. The highest BCUT2D eigenvalue weighted by Crippen LogP contribution is 2.25. The van der Waals surface area contributed by atoms with Crippen molar-refractivity contribution in [1.29, 1.82) is 5.26 Å². The fourth-order valence-electron chi connectivity index (χ4n) is 3.10. The second kappa shape index (κ2) is 7.67. The molecule has 4 nitrogen and oxygen atoms in total. The van der Waals surface area contributed by atoms with E-state index in [1.807, 2.05) is 24.3 Å². The molecule has 1 aliphatic heterocycles. The first-order valence-corrected chi connectivity index (χ1v) is 8.48. The van der Waals surface area contributed by atoms with E-state index in [0.29, 0.717) is 5.56 Å². The molecule has 126 valence electrons. The van der Waals surface area contributed by atoms with Crippen LogP contribution in [0.15, 0.2) is 54.1 Å². The van der Waals surface area contributed by atoms with Crippen LogP contribution in [0.1, 0.15) is 24.8 Å². The number of hydrogen-bond donors (Lipinski definition) is 1. The van der Waals surface area contributed by atoms with Gasteiger partial charge in [-0.05, 0) is 54.2 Å². The fourth-order valence-corrected chi connectivity index (χ4v) is 3.10. The van der Waals surface area contributed by atoms with Gasteiger partial charge in [0.15, 0.2) is 0 Å². The highest BCUT2D eigenvalue weighted by molar-refractivity contribution is 5.96. The number of hydrogen-bond acceptors (Lipinski definition) is 3. The summed E-state index contributed by atoms with van der Waals surface area (Å²) in [5, 5.41) is 17.7. The number of carboxylic acid groups (broad SMARTS) is 1. The molecule has 3 rings (SSSR count). The van der Waals surface area contributed by atoms with Gasteiger partial charge in [-0.15, -0.1) is 0 Å². The Morgan fingerprint density at radius 3 is 2.04 bits per heavy atom. The number of nitrogens with zero attached hydrogens (tertiary/aromatic N) is 2. The van der Waals surface area contributed by atoms with E-state index in [2.05, 4.69) is 29.2 Å². The van der Waals surface area contributed by atoms with Gasteiger partial charge in [-0.25, -0.2) is 4.79 Å². The smallest absolute Gasteiger partial charge is 0.346 e. The number of piperidine rings is 1. The minimum Gasteiger partial charge on any atom is -0.477 e. The first kappa shape index (κ1) is 16.8. The van der Waals surface area contributed by atoms with Crippen LogP contribution in [0.2, 0.25) is 0 Å². The monoisotopic (exact) mass is 332 g/mol. The SMILES string of the molecule is N#CC(=Cc1ccc(-c2ccc(N3CCCCC3)cc2)cc1)C(=O)O. The second-order valence-electron chi connectivity index (χ2n) is 6.19. The Balaban J connectivity index is 1.76. The first-order valence-electron chi connectivity index (χ1n) is 8.48. The molecule has 2 aromatic carbocycles. The fraction of sp³-hybridized carbons (Fsp3) is 0.238. The number of carboxylic acids is 1. The topological polar surface area (TPSA) is 64.3 Å². The normalized spacial score (nSPS) is 14.8. The molecule has 0 aliphatic carbocycles. The lowest BCUT2D eigenvalue weighted by Gasteiger charge is -2.28. The van der Waals surface area contributed by atoms with Crippen LogP contribution in [-0.2, 0) is 4.79 Å². The number of carbonyl (C=O) groups is 1. The van der Waals surface area contributed by atoms with Crippen LogP contribution in [0.25, 0.3) is 17.2 Å². The average molecular weight is 332 g/mol. The van der Waals surface area contributed by atoms with Gasteiger partial charge in [0.25, 0.3) is 0 Å². The molecule has 0 radical (unpaired) electrons. The van der Waals surface area contributed by atoms with Crippen molar-refractivity contribution >= 4 is 17.7 Å². The predicted molar refractivity (Wildman–Crippen MR) is 99.2 cm³/mol. The summed E-state index contributed by atoms with van der Waals surface area (Å²) in [7, 11) is 0. The molecular formula is C21H20N2O2. The standard InChI is InChI=1S/C21H20N2O2/c22-15-19(21(24)25)14-16-4-6-17(7-5-16)18-8-10-20(11-9-18)23-12-2-1-3-13-23/h4-11,14H,1-3,12-13H2,(H,24,25). The maximum Gasteiger partial charge on any atom is 0.346 e. The summed E-state index contributed by atoms with van der Waals surface area (Å²) in [5.41, 5.74) is 3.89. The van der Waals surface area contributed by atoms with Gasteiger partial charge in [0, 0.05) is 18.8 Å². The third-order valence-corrected chi connectivity index (χ3v) is 4.49. The van der Waals surface area contributed by atoms with E-state index in [4.69, 9.17) is 10.4 Å². The Morgan fingerprint density at radius 1 is 0.960 bits per heavy atom. The highest BCUT2D eigenvalue weighted by Gasteiger charge is 2.11. The number of anilines is 1. The largest absolute Gasteiger partial charge is 0.477 e. The Hall–Kier alpha value is -3.06. The van der Waals surface area contributed by atoms with Crippen LogP contribution in [-0.4, -0.2) is 24.2 Å². The molecule has 25 heavy (non-hydrogen) atoms. The van der Waals surface area contributed by atoms with Crippen LogP contribution in [0, 0.1) is 11.3 Å². The van der Waals surface area contributed by atoms with Crippen molar-refractivity contribution in [1.82, 2.24) is 0 Å². The molecule has 0 saturated carbocycles. The summed E-state index contributed by atoms with van der Waals surface area (Å²) in [6, 6.07) is 17.8. The van der Waals surface area contributed by atoms with Gasteiger partial charge < -0.3 is 10.0 Å². The van der Waals surface area contributed by atoms with E-state index in [0.717, 1.165) is 24.2 Å². The van der Waals surface area contributed by atoms with Gasteiger partial charge in [-0.3, -0.25) is 0 Å². The van der Waals surface area contributed by atoms with Gasteiger partial charge in [0.1, 0.15) is 11.6 Å². The summed E-state index contributed by atoms with van der Waals surface area (Å²) in [6.07, 6.45) is 5.23. The molecule has 0 unspecified atom stereocenters. The van der Waals surface area contributed by atoms with E-state index in [1.165, 1.54) is 31.0 Å². The van der Waals surface area contributed by atoms with E-state index in [1.54, 1.807) is 6.07 Å². The van der Waals surface area contributed by atoms with E-state index in [9.17, 15) is 4.79 Å². The lowest BCUT2D eigenvalue weighted by Crippen LogP contribution is -2.29. The molecule has 0 spiro atoms. The van der Waals surface area contributed by atoms with Crippen LogP contribution < -0.4 is 4.90 Å². The molecule has 2 aromatic rings. The van der Waals surface area contributed by atoms with Gasteiger partial charge >= 0.3 is 5.97 Å². The zero-order valence-corrected chi connectivity index (χ0v) is 14.0. The number of aliphatic carboxylic acids is 1. The Kier molecular flexibility index (Phi) is 5.15. The van der Waals surface area contributed by atoms with Crippen molar-refractivity contribution in [3.05, 3.63) is 59.7 Å². The molecule has 0 aromatic heterocycles. The van der Waals surface area contributed by atoms with Crippen molar-refractivity contribution in [2.24, 2.45) is 0 Å². The van der Waals surface area contributed by atoms with E-state index >= 15 is 0 Å². The minimum absolute atomic E-state index is 0.265. The quantitative estimate of drug-likeness (QED) is 0.668. The average Bonchev–Trinajstić information content (AvgIpc) is 2.67. The number of nitriles is 1. The third-order valence-electron chi connectivity index (χ3n) is 4.49. The summed E-state index contributed by atoms with van der Waals surface area (Å²) < 4.78 is 0. The highest BCUT2D eigenvalue weighted by atomic mass is 16.4. The molecule has 0 atom stereocenters. The molecule has 1 N–H and O–H groups in total. The van der Waals surface area contributed by atoms with Gasteiger partial charge in [0.2, 0.25) is 0 Å². The second-order valence-corrected chi connectivity index (χ2v) is 6.19. The van der Waals surface area contributed by atoms with Crippen molar-refractivity contribution in [2.75, 3.05) is 18.0 Å². The maximum absolute atomic E-state index is 10.9. The summed E-state index contributed by atoms with van der Waals surface area (Å²) in [4.78, 5) is 13.3. The first-order chi connectivity index (χ1) is 12.2.